The second kappa shape index (κ2) is 4.68. The molecule has 0 saturated heterocycles. The van der Waals surface area contributed by atoms with Gasteiger partial charge in [-0.2, -0.15) is 5.26 Å². The molecule has 68 valence electrons. The van der Waals surface area contributed by atoms with Crippen LogP contribution in [0.3, 0.4) is 0 Å². The summed E-state index contributed by atoms with van der Waals surface area (Å²) in [5, 5.41) is 9.10. The molecule has 2 nitrogen and oxygen atoms in total. The van der Waals surface area contributed by atoms with E-state index in [1.165, 1.54) is 0 Å². The molecule has 4 heteroatoms. The largest absolute Gasteiger partial charge is 0.496 e. The van der Waals surface area contributed by atoms with Gasteiger partial charge in [-0.1, -0.05) is 11.6 Å². The Morgan fingerprint density at radius 3 is 2.85 bits per heavy atom. The van der Waals surface area contributed by atoms with E-state index >= 15 is 0 Å². The zero-order valence-corrected chi connectivity index (χ0v) is 9.89. The van der Waals surface area contributed by atoms with Gasteiger partial charge < -0.3 is 4.74 Å². The lowest BCUT2D eigenvalue weighted by Gasteiger charge is -2.06. The molecule has 0 aliphatic carbocycles. The van der Waals surface area contributed by atoms with Gasteiger partial charge >= 0.3 is 0 Å². The third-order valence-corrected chi connectivity index (χ3v) is 2.79. The van der Waals surface area contributed by atoms with Crippen molar-refractivity contribution in [2.45, 2.75) is 6.42 Å². The molecular formula is C9H7ClINO. The van der Waals surface area contributed by atoms with Gasteiger partial charge in [0.25, 0.3) is 0 Å². The summed E-state index contributed by atoms with van der Waals surface area (Å²) >= 11 is 8.07. The van der Waals surface area contributed by atoms with Gasteiger partial charge in [0.05, 0.1) is 23.2 Å². The quantitative estimate of drug-likeness (QED) is 0.787. The second-order valence-electron chi connectivity index (χ2n) is 2.41. The van der Waals surface area contributed by atoms with Gasteiger partial charge in [-0.05, 0) is 34.2 Å². The van der Waals surface area contributed by atoms with Crippen LogP contribution in [0, 0.1) is 14.9 Å². The van der Waals surface area contributed by atoms with Crippen LogP contribution in [0.1, 0.15) is 5.56 Å². The molecule has 13 heavy (non-hydrogen) atoms. The summed E-state index contributed by atoms with van der Waals surface area (Å²) in [6.45, 7) is 0. The lowest BCUT2D eigenvalue weighted by atomic mass is 10.1. The highest BCUT2D eigenvalue weighted by atomic mass is 127. The molecule has 0 radical (unpaired) electrons. The maximum atomic E-state index is 8.52. The van der Waals surface area contributed by atoms with Crippen molar-refractivity contribution in [3.63, 3.8) is 0 Å². The van der Waals surface area contributed by atoms with Gasteiger partial charge in [0.1, 0.15) is 5.75 Å². The normalized spacial score (nSPS) is 9.38. The van der Waals surface area contributed by atoms with E-state index < -0.39 is 0 Å². The summed E-state index contributed by atoms with van der Waals surface area (Å²) in [5.74, 6) is 0.743. The smallest absolute Gasteiger partial charge is 0.133 e. The van der Waals surface area contributed by atoms with Gasteiger partial charge in [0.2, 0.25) is 0 Å². The Balaban J connectivity index is 3.14. The maximum absolute atomic E-state index is 8.52. The predicted octanol–water partition coefficient (Wildman–Crippen LogP) is 3.02. The molecule has 0 heterocycles. The Bertz CT molecular complexity index is 359. The number of halogens is 2. The monoisotopic (exact) mass is 307 g/mol. The fourth-order valence-electron chi connectivity index (χ4n) is 0.947. The molecule has 0 amide bonds. The van der Waals surface area contributed by atoms with Gasteiger partial charge in [-0.3, -0.25) is 0 Å². The predicted molar refractivity (Wildman–Crippen MR) is 60.0 cm³/mol. The summed E-state index contributed by atoms with van der Waals surface area (Å²) in [6, 6.07) is 5.66. The molecular weight excluding hydrogens is 300 g/mol. The summed E-state index contributed by atoms with van der Waals surface area (Å²) in [4.78, 5) is 0. The molecule has 0 unspecified atom stereocenters. The number of nitrogens with zero attached hydrogens (tertiary/aromatic N) is 1. The van der Waals surface area contributed by atoms with Crippen LogP contribution in [0.15, 0.2) is 12.1 Å². The van der Waals surface area contributed by atoms with Gasteiger partial charge in [0, 0.05) is 11.1 Å². The SMILES string of the molecule is COc1cc(Cl)c(CC#N)cc1I. The standard InChI is InChI=1S/C9H7ClINO/c1-13-9-5-7(10)6(2-3-12)4-8(9)11/h4-5H,2H2,1H3. The van der Waals surface area contributed by atoms with Crippen molar-refractivity contribution in [3.8, 4) is 11.8 Å². The first-order valence-corrected chi connectivity index (χ1v) is 5.03. The number of methoxy groups -OCH3 is 1. The van der Waals surface area contributed by atoms with Crippen molar-refractivity contribution in [2.75, 3.05) is 7.11 Å². The molecule has 0 atom stereocenters. The number of ether oxygens (including phenoxy) is 1. The Kier molecular flexibility index (Phi) is 3.82. The highest BCUT2D eigenvalue weighted by Crippen LogP contribution is 2.28. The number of benzene rings is 1. The summed E-state index contributed by atoms with van der Waals surface area (Å²) < 4.78 is 6.05. The first-order chi connectivity index (χ1) is 6.19. The van der Waals surface area contributed by atoms with Crippen LogP contribution >= 0.6 is 34.2 Å². The first kappa shape index (κ1) is 10.6. The molecule has 0 aliphatic rings. The zero-order valence-electron chi connectivity index (χ0n) is 6.97. The molecule has 0 spiro atoms. The van der Waals surface area contributed by atoms with Crippen LogP contribution in [0.4, 0.5) is 0 Å². The molecule has 1 aromatic carbocycles. The minimum atomic E-state index is 0.332. The zero-order chi connectivity index (χ0) is 9.84. The number of hydrogen-bond donors (Lipinski definition) is 0. The van der Waals surface area contributed by atoms with E-state index in [-0.39, 0.29) is 0 Å². The van der Waals surface area contributed by atoms with Crippen LogP contribution in [0.2, 0.25) is 5.02 Å². The average Bonchev–Trinajstić information content (AvgIpc) is 2.11. The number of nitriles is 1. The molecule has 0 bridgehead atoms. The molecule has 0 aromatic heterocycles. The fraction of sp³-hybridized carbons (Fsp3) is 0.222. The third kappa shape index (κ3) is 2.48. The first-order valence-electron chi connectivity index (χ1n) is 3.58. The van der Waals surface area contributed by atoms with Crippen molar-refractivity contribution in [3.05, 3.63) is 26.3 Å². The molecule has 0 N–H and O–H groups in total. The summed E-state index contributed by atoms with van der Waals surface area (Å²) in [7, 11) is 1.60. The Hall–Kier alpha value is -0.470. The van der Waals surface area contributed by atoms with E-state index in [0.717, 1.165) is 14.9 Å². The lowest BCUT2D eigenvalue weighted by Crippen LogP contribution is -1.91. The number of hydrogen-bond acceptors (Lipinski definition) is 2. The van der Waals surface area contributed by atoms with Gasteiger partial charge in [-0.15, -0.1) is 0 Å². The highest BCUT2D eigenvalue weighted by molar-refractivity contribution is 14.1. The summed E-state index contributed by atoms with van der Waals surface area (Å²) in [6.07, 6.45) is 0.332. The van der Waals surface area contributed by atoms with Crippen molar-refractivity contribution in [1.82, 2.24) is 0 Å². The molecule has 1 rings (SSSR count). The van der Waals surface area contributed by atoms with E-state index in [1.54, 1.807) is 13.2 Å². The topological polar surface area (TPSA) is 33.0 Å². The number of rotatable bonds is 2. The van der Waals surface area contributed by atoms with Crippen molar-refractivity contribution in [1.29, 1.82) is 5.26 Å². The third-order valence-electron chi connectivity index (χ3n) is 1.59. The van der Waals surface area contributed by atoms with Gasteiger partial charge in [-0.25, -0.2) is 0 Å². The molecule has 0 fully saturated rings. The van der Waals surface area contributed by atoms with Gasteiger partial charge in [0.15, 0.2) is 0 Å². The van der Waals surface area contributed by atoms with Crippen LogP contribution in [-0.4, -0.2) is 7.11 Å². The molecule has 1 aromatic rings. The van der Waals surface area contributed by atoms with E-state index in [0.29, 0.717) is 11.4 Å². The van der Waals surface area contributed by atoms with Crippen molar-refractivity contribution < 1.29 is 4.74 Å². The second-order valence-corrected chi connectivity index (χ2v) is 3.98. The van der Waals surface area contributed by atoms with E-state index in [4.69, 9.17) is 21.6 Å². The van der Waals surface area contributed by atoms with E-state index in [2.05, 4.69) is 28.7 Å². The lowest BCUT2D eigenvalue weighted by molar-refractivity contribution is 0.411. The fourth-order valence-corrected chi connectivity index (χ4v) is 1.92. The van der Waals surface area contributed by atoms with Crippen LogP contribution < -0.4 is 4.74 Å². The van der Waals surface area contributed by atoms with Crippen LogP contribution in [-0.2, 0) is 6.42 Å². The van der Waals surface area contributed by atoms with E-state index in [9.17, 15) is 0 Å². The van der Waals surface area contributed by atoms with E-state index in [1.807, 2.05) is 6.07 Å². The average molecular weight is 308 g/mol. The van der Waals surface area contributed by atoms with Crippen LogP contribution in [0.5, 0.6) is 5.75 Å². The van der Waals surface area contributed by atoms with Crippen LogP contribution in [0.25, 0.3) is 0 Å². The van der Waals surface area contributed by atoms with Crippen molar-refractivity contribution >= 4 is 34.2 Å². The minimum absolute atomic E-state index is 0.332. The Morgan fingerprint density at radius 1 is 1.62 bits per heavy atom. The summed E-state index contributed by atoms with van der Waals surface area (Å²) in [5.41, 5.74) is 0.842. The maximum Gasteiger partial charge on any atom is 0.133 e. The Morgan fingerprint density at radius 2 is 2.31 bits per heavy atom. The van der Waals surface area contributed by atoms with Crippen molar-refractivity contribution in [2.24, 2.45) is 0 Å². The molecule has 0 saturated carbocycles. The minimum Gasteiger partial charge on any atom is -0.496 e. The Labute approximate surface area is 95.6 Å². The molecule has 0 aliphatic heterocycles. The highest BCUT2D eigenvalue weighted by Gasteiger charge is 2.06.